The minimum absolute atomic E-state index is 0.934. The molecule has 0 fully saturated rings. The van der Waals surface area contributed by atoms with Crippen LogP contribution >= 0.6 is 0 Å². The van der Waals surface area contributed by atoms with Gasteiger partial charge in [0.05, 0.1) is 7.11 Å². The molecule has 1 nitrogen and oxygen atoms in total. The fourth-order valence-electron chi connectivity index (χ4n) is 1.51. The zero-order chi connectivity index (χ0) is 11.1. The summed E-state index contributed by atoms with van der Waals surface area (Å²) in [5.74, 6) is 0.934. The highest BCUT2D eigenvalue weighted by molar-refractivity contribution is 5.27. The number of rotatable bonds is 5. The summed E-state index contributed by atoms with van der Waals surface area (Å²) >= 11 is 0. The van der Waals surface area contributed by atoms with E-state index in [-0.39, 0.29) is 0 Å². The standard InChI is InChI=1S/C14H20O/c1-4-12(2)6-5-7-13-8-10-14(15-3)11-9-13/h4,8-11H,5-7H2,1-3H3/b12-4+. The largest absolute Gasteiger partial charge is 0.497 e. The zero-order valence-electron chi connectivity index (χ0n) is 9.92. The molecule has 0 bridgehead atoms. The van der Waals surface area contributed by atoms with Crippen LogP contribution in [-0.2, 0) is 6.42 Å². The van der Waals surface area contributed by atoms with Gasteiger partial charge in [-0.25, -0.2) is 0 Å². The summed E-state index contributed by atoms with van der Waals surface area (Å²) in [5.41, 5.74) is 2.86. The van der Waals surface area contributed by atoms with E-state index in [0.717, 1.165) is 12.2 Å². The second kappa shape index (κ2) is 6.28. The number of benzene rings is 1. The van der Waals surface area contributed by atoms with Gasteiger partial charge in [0, 0.05) is 0 Å². The molecule has 0 heterocycles. The third-order valence-corrected chi connectivity index (χ3v) is 2.69. The molecule has 1 heteroatoms. The van der Waals surface area contributed by atoms with Crippen molar-refractivity contribution in [2.45, 2.75) is 33.1 Å². The van der Waals surface area contributed by atoms with E-state index in [2.05, 4.69) is 32.1 Å². The smallest absolute Gasteiger partial charge is 0.118 e. The molecule has 0 radical (unpaired) electrons. The van der Waals surface area contributed by atoms with Crippen LogP contribution in [-0.4, -0.2) is 7.11 Å². The maximum absolute atomic E-state index is 5.12. The first kappa shape index (κ1) is 11.8. The van der Waals surface area contributed by atoms with E-state index in [1.165, 1.54) is 24.0 Å². The van der Waals surface area contributed by atoms with Crippen molar-refractivity contribution in [1.82, 2.24) is 0 Å². The molecule has 0 unspecified atom stereocenters. The number of hydrogen-bond donors (Lipinski definition) is 0. The lowest BCUT2D eigenvalue weighted by molar-refractivity contribution is 0.414. The monoisotopic (exact) mass is 204 g/mol. The topological polar surface area (TPSA) is 9.23 Å². The van der Waals surface area contributed by atoms with Crippen LogP contribution in [0.4, 0.5) is 0 Å². The quantitative estimate of drug-likeness (QED) is 0.659. The molecule has 0 saturated heterocycles. The van der Waals surface area contributed by atoms with Gasteiger partial charge in [0.25, 0.3) is 0 Å². The molecule has 1 rings (SSSR count). The molecular formula is C14H20O. The van der Waals surface area contributed by atoms with Gasteiger partial charge in [-0.05, 0) is 50.8 Å². The van der Waals surface area contributed by atoms with Gasteiger partial charge < -0.3 is 4.74 Å². The Morgan fingerprint density at radius 2 is 1.93 bits per heavy atom. The maximum atomic E-state index is 5.12. The zero-order valence-corrected chi connectivity index (χ0v) is 9.92. The fraction of sp³-hybridized carbons (Fsp3) is 0.429. The van der Waals surface area contributed by atoms with Gasteiger partial charge in [-0.2, -0.15) is 0 Å². The lowest BCUT2D eigenvalue weighted by Crippen LogP contribution is -1.87. The normalized spacial score (nSPS) is 11.5. The van der Waals surface area contributed by atoms with E-state index in [4.69, 9.17) is 4.74 Å². The highest BCUT2D eigenvalue weighted by atomic mass is 16.5. The van der Waals surface area contributed by atoms with E-state index in [0.29, 0.717) is 0 Å². The molecule has 0 aliphatic heterocycles. The second-order valence-corrected chi connectivity index (χ2v) is 3.84. The third kappa shape index (κ3) is 4.20. The van der Waals surface area contributed by atoms with Crippen molar-refractivity contribution in [1.29, 1.82) is 0 Å². The molecule has 0 aliphatic carbocycles. The van der Waals surface area contributed by atoms with E-state index in [9.17, 15) is 0 Å². The van der Waals surface area contributed by atoms with Gasteiger partial charge >= 0.3 is 0 Å². The summed E-state index contributed by atoms with van der Waals surface area (Å²) in [5, 5.41) is 0. The molecular weight excluding hydrogens is 184 g/mol. The van der Waals surface area contributed by atoms with Crippen molar-refractivity contribution in [3.8, 4) is 5.75 Å². The van der Waals surface area contributed by atoms with E-state index in [1.54, 1.807) is 7.11 Å². The number of hydrogen-bond acceptors (Lipinski definition) is 1. The number of allylic oxidation sites excluding steroid dienone is 2. The summed E-state index contributed by atoms with van der Waals surface area (Å²) in [7, 11) is 1.70. The molecule has 15 heavy (non-hydrogen) atoms. The summed E-state index contributed by atoms with van der Waals surface area (Å²) in [4.78, 5) is 0. The van der Waals surface area contributed by atoms with Crippen LogP contribution in [0.3, 0.4) is 0 Å². The van der Waals surface area contributed by atoms with Gasteiger partial charge in [-0.1, -0.05) is 23.8 Å². The Hall–Kier alpha value is -1.24. The molecule has 0 amide bonds. The summed E-state index contributed by atoms with van der Waals surface area (Å²) in [6, 6.07) is 8.34. The van der Waals surface area contributed by atoms with Crippen LogP contribution < -0.4 is 4.74 Å². The molecule has 0 N–H and O–H groups in total. The maximum Gasteiger partial charge on any atom is 0.118 e. The lowest BCUT2D eigenvalue weighted by Gasteiger charge is -2.03. The Kier molecular flexibility index (Phi) is 4.96. The number of ether oxygens (including phenoxy) is 1. The predicted molar refractivity (Wildman–Crippen MR) is 65.4 cm³/mol. The van der Waals surface area contributed by atoms with Crippen molar-refractivity contribution in [2.24, 2.45) is 0 Å². The minimum Gasteiger partial charge on any atom is -0.497 e. The van der Waals surface area contributed by atoms with E-state index in [1.807, 2.05) is 12.1 Å². The molecule has 82 valence electrons. The Morgan fingerprint density at radius 1 is 1.27 bits per heavy atom. The van der Waals surface area contributed by atoms with Crippen LogP contribution in [0.1, 0.15) is 32.3 Å². The highest BCUT2D eigenvalue weighted by Crippen LogP contribution is 2.14. The van der Waals surface area contributed by atoms with E-state index >= 15 is 0 Å². The van der Waals surface area contributed by atoms with Gasteiger partial charge in [0.1, 0.15) is 5.75 Å². The van der Waals surface area contributed by atoms with Gasteiger partial charge in [-0.15, -0.1) is 0 Å². The Balaban J connectivity index is 2.38. The molecule has 0 atom stereocenters. The van der Waals surface area contributed by atoms with Crippen LogP contribution in [0.2, 0.25) is 0 Å². The Bertz CT molecular complexity index is 309. The average molecular weight is 204 g/mol. The SMILES string of the molecule is C/C=C(\C)CCCc1ccc(OC)cc1. The van der Waals surface area contributed by atoms with Crippen LogP contribution in [0, 0.1) is 0 Å². The molecule has 0 spiro atoms. The molecule has 1 aromatic rings. The fourth-order valence-corrected chi connectivity index (χ4v) is 1.51. The van der Waals surface area contributed by atoms with Gasteiger partial charge in [-0.3, -0.25) is 0 Å². The molecule has 0 aromatic heterocycles. The Morgan fingerprint density at radius 3 is 2.47 bits per heavy atom. The molecule has 0 aliphatic rings. The van der Waals surface area contributed by atoms with Crippen LogP contribution in [0.15, 0.2) is 35.9 Å². The van der Waals surface area contributed by atoms with Crippen LogP contribution in [0.25, 0.3) is 0 Å². The number of methoxy groups -OCH3 is 1. The first-order valence-electron chi connectivity index (χ1n) is 5.51. The lowest BCUT2D eigenvalue weighted by atomic mass is 10.0. The molecule has 1 aromatic carbocycles. The minimum atomic E-state index is 0.934. The predicted octanol–water partition coefficient (Wildman–Crippen LogP) is 3.98. The average Bonchev–Trinajstić information content (AvgIpc) is 2.29. The van der Waals surface area contributed by atoms with Gasteiger partial charge in [0.2, 0.25) is 0 Å². The highest BCUT2D eigenvalue weighted by Gasteiger charge is 1.95. The summed E-state index contributed by atoms with van der Waals surface area (Å²) in [6.07, 6.45) is 5.76. The summed E-state index contributed by atoms with van der Waals surface area (Å²) in [6.45, 7) is 4.29. The van der Waals surface area contributed by atoms with Crippen molar-refractivity contribution in [2.75, 3.05) is 7.11 Å². The third-order valence-electron chi connectivity index (χ3n) is 2.69. The first-order chi connectivity index (χ1) is 7.26. The first-order valence-corrected chi connectivity index (χ1v) is 5.51. The van der Waals surface area contributed by atoms with Crippen molar-refractivity contribution >= 4 is 0 Å². The van der Waals surface area contributed by atoms with Gasteiger partial charge in [0.15, 0.2) is 0 Å². The number of aryl methyl sites for hydroxylation is 1. The van der Waals surface area contributed by atoms with Crippen molar-refractivity contribution in [3.05, 3.63) is 41.5 Å². The van der Waals surface area contributed by atoms with Crippen molar-refractivity contribution < 1.29 is 4.74 Å². The summed E-state index contributed by atoms with van der Waals surface area (Å²) < 4.78 is 5.12. The Labute approximate surface area is 92.8 Å². The van der Waals surface area contributed by atoms with Crippen LogP contribution in [0.5, 0.6) is 5.75 Å². The molecule has 0 saturated carbocycles. The second-order valence-electron chi connectivity index (χ2n) is 3.84. The van der Waals surface area contributed by atoms with Crippen molar-refractivity contribution in [3.63, 3.8) is 0 Å². The van der Waals surface area contributed by atoms with E-state index < -0.39 is 0 Å².